The molecular formula is C4H8N2S. The summed E-state index contributed by atoms with van der Waals surface area (Å²) in [5.41, 5.74) is 1.83. The molecule has 0 aromatic carbocycles. The minimum atomic E-state index is 0. The topological polar surface area (TPSA) is 47.9 Å². The molecule has 1 heterocycles. The van der Waals surface area contributed by atoms with Crippen molar-refractivity contribution in [3.63, 3.8) is 0 Å². The number of thiazole rings is 1. The van der Waals surface area contributed by atoms with Crippen molar-refractivity contribution < 1.29 is 0 Å². The maximum atomic E-state index is 3.84. The molecule has 0 atom stereocenters. The first kappa shape index (κ1) is 6.59. The molecule has 0 saturated carbocycles. The highest BCUT2D eigenvalue weighted by molar-refractivity contribution is 7.09. The average molecular weight is 116 g/mol. The SMILES string of the molecule is Cc1cncs1.N. The van der Waals surface area contributed by atoms with Gasteiger partial charge in [-0.3, -0.25) is 4.98 Å². The maximum absolute atomic E-state index is 3.84. The Bertz CT molecular complexity index is 113. The van der Waals surface area contributed by atoms with Crippen molar-refractivity contribution in [2.24, 2.45) is 0 Å². The van der Waals surface area contributed by atoms with Crippen molar-refractivity contribution in [2.45, 2.75) is 6.92 Å². The van der Waals surface area contributed by atoms with Crippen LogP contribution >= 0.6 is 11.3 Å². The van der Waals surface area contributed by atoms with Gasteiger partial charge in [0.15, 0.2) is 0 Å². The lowest BCUT2D eigenvalue weighted by Gasteiger charge is -1.63. The predicted octanol–water partition coefficient (Wildman–Crippen LogP) is 1.61. The summed E-state index contributed by atoms with van der Waals surface area (Å²) >= 11 is 1.67. The molecule has 0 radical (unpaired) electrons. The van der Waals surface area contributed by atoms with Crippen LogP contribution < -0.4 is 6.15 Å². The van der Waals surface area contributed by atoms with Crippen molar-refractivity contribution in [1.82, 2.24) is 11.1 Å². The maximum Gasteiger partial charge on any atom is 0.0794 e. The first-order valence-corrected chi connectivity index (χ1v) is 2.62. The zero-order valence-electron chi connectivity index (χ0n) is 4.22. The molecule has 1 aromatic heterocycles. The Hall–Kier alpha value is -0.410. The molecule has 1 aromatic rings. The Morgan fingerprint density at radius 1 is 1.71 bits per heavy atom. The summed E-state index contributed by atoms with van der Waals surface area (Å²) in [6, 6.07) is 0. The van der Waals surface area contributed by atoms with Gasteiger partial charge in [0.05, 0.1) is 5.51 Å². The van der Waals surface area contributed by atoms with Crippen LogP contribution in [0, 0.1) is 6.92 Å². The Morgan fingerprint density at radius 2 is 2.43 bits per heavy atom. The summed E-state index contributed by atoms with van der Waals surface area (Å²) < 4.78 is 0. The lowest BCUT2D eigenvalue weighted by molar-refractivity contribution is 1.39. The normalized spacial score (nSPS) is 7.57. The third-order valence-electron chi connectivity index (χ3n) is 0.556. The zero-order valence-corrected chi connectivity index (χ0v) is 5.03. The summed E-state index contributed by atoms with van der Waals surface area (Å²) in [6.07, 6.45) is 1.85. The smallest absolute Gasteiger partial charge is 0.0794 e. The Kier molecular flexibility index (Phi) is 2.55. The fourth-order valence-corrected chi connectivity index (χ4v) is 0.689. The quantitative estimate of drug-likeness (QED) is 0.559. The van der Waals surface area contributed by atoms with Crippen molar-refractivity contribution in [1.29, 1.82) is 0 Å². The summed E-state index contributed by atoms with van der Waals surface area (Å²) in [6.45, 7) is 2.04. The molecule has 40 valence electrons. The largest absolute Gasteiger partial charge is 0.344 e. The van der Waals surface area contributed by atoms with E-state index in [-0.39, 0.29) is 6.15 Å². The predicted molar refractivity (Wildman–Crippen MR) is 31.9 cm³/mol. The van der Waals surface area contributed by atoms with Gasteiger partial charge in [-0.05, 0) is 6.92 Å². The van der Waals surface area contributed by atoms with Crippen LogP contribution in [0.3, 0.4) is 0 Å². The highest BCUT2D eigenvalue weighted by Crippen LogP contribution is 1.99. The van der Waals surface area contributed by atoms with Crippen LogP contribution in [0.15, 0.2) is 11.7 Å². The molecule has 2 nitrogen and oxygen atoms in total. The van der Waals surface area contributed by atoms with E-state index < -0.39 is 0 Å². The summed E-state index contributed by atoms with van der Waals surface area (Å²) in [5, 5.41) is 0. The molecule has 1 rings (SSSR count). The lowest BCUT2D eigenvalue weighted by Crippen LogP contribution is -1.48. The Labute approximate surface area is 46.8 Å². The van der Waals surface area contributed by atoms with Crippen LogP contribution in [0.2, 0.25) is 0 Å². The van der Waals surface area contributed by atoms with E-state index in [2.05, 4.69) is 4.98 Å². The number of rotatable bonds is 0. The third kappa shape index (κ3) is 1.66. The molecule has 7 heavy (non-hydrogen) atoms. The lowest BCUT2D eigenvalue weighted by atomic mass is 10.7. The second-order valence-electron chi connectivity index (χ2n) is 1.11. The summed E-state index contributed by atoms with van der Waals surface area (Å²) in [4.78, 5) is 5.11. The van der Waals surface area contributed by atoms with Gasteiger partial charge in [-0.15, -0.1) is 11.3 Å². The van der Waals surface area contributed by atoms with Gasteiger partial charge >= 0.3 is 0 Å². The van der Waals surface area contributed by atoms with Crippen LogP contribution in [-0.2, 0) is 0 Å². The first-order chi connectivity index (χ1) is 2.89. The van der Waals surface area contributed by atoms with E-state index in [4.69, 9.17) is 0 Å². The van der Waals surface area contributed by atoms with E-state index in [0.717, 1.165) is 0 Å². The average Bonchev–Trinajstić information content (AvgIpc) is 1.86. The Morgan fingerprint density at radius 3 is 2.57 bits per heavy atom. The molecule has 0 aliphatic rings. The zero-order chi connectivity index (χ0) is 4.41. The molecule has 0 bridgehead atoms. The van der Waals surface area contributed by atoms with Gasteiger partial charge in [-0.2, -0.15) is 0 Å². The molecule has 0 unspecified atom stereocenters. The van der Waals surface area contributed by atoms with Crippen molar-refractivity contribution in [3.05, 3.63) is 16.6 Å². The molecule has 0 saturated heterocycles. The molecule has 0 fully saturated rings. The van der Waals surface area contributed by atoms with Crippen molar-refractivity contribution >= 4 is 11.3 Å². The summed E-state index contributed by atoms with van der Waals surface area (Å²) in [5.74, 6) is 0. The Balaban J connectivity index is 0.000000360. The number of hydrogen-bond acceptors (Lipinski definition) is 3. The van der Waals surface area contributed by atoms with Gasteiger partial charge in [0.1, 0.15) is 0 Å². The van der Waals surface area contributed by atoms with Crippen molar-refractivity contribution in [3.8, 4) is 0 Å². The van der Waals surface area contributed by atoms with E-state index in [1.54, 1.807) is 11.3 Å². The molecular weight excluding hydrogens is 108 g/mol. The molecule has 3 N–H and O–H groups in total. The fraction of sp³-hybridized carbons (Fsp3) is 0.250. The molecule has 0 aliphatic heterocycles. The molecule has 0 spiro atoms. The number of nitrogens with zero attached hydrogens (tertiary/aromatic N) is 1. The first-order valence-electron chi connectivity index (χ1n) is 1.74. The second kappa shape index (κ2) is 2.71. The number of aryl methyl sites for hydroxylation is 1. The van der Waals surface area contributed by atoms with Crippen LogP contribution in [0.25, 0.3) is 0 Å². The highest BCUT2D eigenvalue weighted by atomic mass is 32.1. The molecule has 3 heteroatoms. The monoisotopic (exact) mass is 116 g/mol. The van der Waals surface area contributed by atoms with Gasteiger partial charge in [0.25, 0.3) is 0 Å². The minimum absolute atomic E-state index is 0. The highest BCUT2D eigenvalue weighted by Gasteiger charge is 1.76. The standard InChI is InChI=1S/C4H5NS.H3N/c1-4-2-5-3-6-4;/h2-3H,1H3;1H3. The number of hydrogen-bond donors (Lipinski definition) is 1. The molecule has 0 aliphatic carbocycles. The van der Waals surface area contributed by atoms with E-state index in [1.807, 2.05) is 18.6 Å². The summed E-state index contributed by atoms with van der Waals surface area (Å²) in [7, 11) is 0. The van der Waals surface area contributed by atoms with E-state index in [1.165, 1.54) is 4.88 Å². The van der Waals surface area contributed by atoms with Crippen LogP contribution in [-0.4, -0.2) is 4.98 Å². The van der Waals surface area contributed by atoms with E-state index in [0.29, 0.717) is 0 Å². The van der Waals surface area contributed by atoms with Gasteiger partial charge in [-0.25, -0.2) is 0 Å². The number of aromatic nitrogens is 1. The van der Waals surface area contributed by atoms with Gasteiger partial charge in [-0.1, -0.05) is 0 Å². The van der Waals surface area contributed by atoms with Crippen molar-refractivity contribution in [2.75, 3.05) is 0 Å². The van der Waals surface area contributed by atoms with Crippen LogP contribution in [0.4, 0.5) is 0 Å². The van der Waals surface area contributed by atoms with Gasteiger partial charge in [0.2, 0.25) is 0 Å². The molecule has 0 amide bonds. The van der Waals surface area contributed by atoms with Crippen LogP contribution in [0.1, 0.15) is 4.88 Å². The van der Waals surface area contributed by atoms with E-state index in [9.17, 15) is 0 Å². The minimum Gasteiger partial charge on any atom is -0.344 e. The second-order valence-corrected chi connectivity index (χ2v) is 2.20. The van der Waals surface area contributed by atoms with Gasteiger partial charge < -0.3 is 6.15 Å². The van der Waals surface area contributed by atoms with Crippen LogP contribution in [0.5, 0.6) is 0 Å². The van der Waals surface area contributed by atoms with Gasteiger partial charge in [0, 0.05) is 11.1 Å². The third-order valence-corrected chi connectivity index (χ3v) is 1.26. The van der Waals surface area contributed by atoms with E-state index >= 15 is 0 Å². The fourth-order valence-electron chi connectivity index (χ4n) is 0.279.